The van der Waals surface area contributed by atoms with Crippen LogP contribution in [0.5, 0.6) is 0 Å². The first-order chi connectivity index (χ1) is 9.09. The van der Waals surface area contributed by atoms with Gasteiger partial charge < -0.3 is 5.11 Å². The van der Waals surface area contributed by atoms with Crippen LogP contribution in [-0.2, 0) is 4.79 Å². The molecule has 1 atom stereocenters. The first-order valence-electron chi connectivity index (χ1n) is 6.76. The quantitative estimate of drug-likeness (QED) is 0.844. The van der Waals surface area contributed by atoms with Crippen molar-refractivity contribution in [2.75, 3.05) is 13.1 Å². The number of hydrogen-bond donors (Lipinski definition) is 1. The van der Waals surface area contributed by atoms with E-state index in [-0.39, 0.29) is 17.9 Å². The van der Waals surface area contributed by atoms with Crippen LogP contribution >= 0.6 is 0 Å². The zero-order chi connectivity index (χ0) is 13.8. The van der Waals surface area contributed by atoms with Gasteiger partial charge in [0.25, 0.3) is 0 Å². The summed E-state index contributed by atoms with van der Waals surface area (Å²) >= 11 is 0. The Balaban J connectivity index is 2.25. The van der Waals surface area contributed by atoms with Crippen molar-refractivity contribution in [3.05, 3.63) is 48.0 Å². The van der Waals surface area contributed by atoms with E-state index in [9.17, 15) is 9.90 Å². The number of carbonyl (C=O) groups excluding carboxylic acids is 1. The summed E-state index contributed by atoms with van der Waals surface area (Å²) in [5.74, 6) is 0.0718. The number of carbonyl (C=O) groups is 1. The molecule has 19 heavy (non-hydrogen) atoms. The lowest BCUT2D eigenvalue weighted by atomic mass is 9.94. The lowest BCUT2D eigenvalue weighted by Gasteiger charge is -2.35. The maximum absolute atomic E-state index is 12.4. The van der Waals surface area contributed by atoms with Gasteiger partial charge in [-0.05, 0) is 30.9 Å². The highest BCUT2D eigenvalue weighted by Crippen LogP contribution is 2.27. The Morgan fingerprint density at radius 2 is 1.89 bits per heavy atom. The monoisotopic (exact) mass is 259 g/mol. The number of nitrogens with zero attached hydrogens (tertiary/aromatic N) is 1. The van der Waals surface area contributed by atoms with Gasteiger partial charge in [0.1, 0.15) is 0 Å². The van der Waals surface area contributed by atoms with Gasteiger partial charge in [-0.15, -0.1) is 0 Å². The molecule has 3 heteroatoms. The number of aliphatic hydroxyl groups is 1. The predicted octanol–water partition coefficient (Wildman–Crippen LogP) is 2.33. The van der Waals surface area contributed by atoms with Gasteiger partial charge in [-0.1, -0.05) is 36.9 Å². The SMILES string of the molecule is C=C(C)C(=O)C(c1ccccc1)N1CCC(O)CC1. The molecule has 0 aliphatic carbocycles. The Kier molecular flexibility index (Phi) is 4.51. The molecule has 1 N–H and O–H groups in total. The Bertz CT molecular complexity index is 447. The minimum absolute atomic E-state index is 0.0718. The van der Waals surface area contributed by atoms with Gasteiger partial charge in [0.05, 0.1) is 12.1 Å². The first-order valence-corrected chi connectivity index (χ1v) is 6.76. The predicted molar refractivity (Wildman–Crippen MR) is 75.8 cm³/mol. The van der Waals surface area contributed by atoms with Crippen molar-refractivity contribution in [2.24, 2.45) is 0 Å². The van der Waals surface area contributed by atoms with E-state index in [0.717, 1.165) is 31.5 Å². The van der Waals surface area contributed by atoms with E-state index in [0.29, 0.717) is 5.57 Å². The molecule has 0 bridgehead atoms. The van der Waals surface area contributed by atoms with Crippen molar-refractivity contribution >= 4 is 5.78 Å². The van der Waals surface area contributed by atoms with Crippen molar-refractivity contribution in [3.8, 4) is 0 Å². The lowest BCUT2D eigenvalue weighted by molar-refractivity contribution is -0.121. The Morgan fingerprint density at radius 1 is 1.32 bits per heavy atom. The van der Waals surface area contributed by atoms with Crippen LogP contribution in [0.1, 0.15) is 31.4 Å². The second-order valence-corrected chi connectivity index (χ2v) is 5.22. The van der Waals surface area contributed by atoms with Crippen molar-refractivity contribution in [1.29, 1.82) is 0 Å². The summed E-state index contributed by atoms with van der Waals surface area (Å²) < 4.78 is 0. The zero-order valence-electron chi connectivity index (χ0n) is 11.4. The molecule has 1 aliphatic rings. The molecule has 1 saturated heterocycles. The van der Waals surface area contributed by atoms with Gasteiger partial charge in [-0.2, -0.15) is 0 Å². The zero-order valence-corrected chi connectivity index (χ0v) is 11.4. The molecule has 1 heterocycles. The van der Waals surface area contributed by atoms with Crippen molar-refractivity contribution < 1.29 is 9.90 Å². The maximum atomic E-state index is 12.4. The number of benzene rings is 1. The molecular weight excluding hydrogens is 238 g/mol. The number of ketones is 1. The van der Waals surface area contributed by atoms with Crippen LogP contribution in [0.2, 0.25) is 0 Å². The number of aliphatic hydroxyl groups excluding tert-OH is 1. The third kappa shape index (κ3) is 3.31. The normalized spacial score (nSPS) is 19.1. The Morgan fingerprint density at radius 3 is 2.42 bits per heavy atom. The van der Waals surface area contributed by atoms with E-state index in [1.807, 2.05) is 30.3 Å². The molecule has 0 spiro atoms. The molecule has 0 saturated carbocycles. The lowest BCUT2D eigenvalue weighted by Crippen LogP contribution is -2.41. The summed E-state index contributed by atoms with van der Waals surface area (Å²) in [6.07, 6.45) is 1.23. The van der Waals surface area contributed by atoms with Crippen molar-refractivity contribution in [1.82, 2.24) is 4.90 Å². The molecule has 102 valence electrons. The highest BCUT2D eigenvalue weighted by atomic mass is 16.3. The molecule has 1 aromatic carbocycles. The van der Waals surface area contributed by atoms with E-state index in [1.165, 1.54) is 0 Å². The fraction of sp³-hybridized carbons (Fsp3) is 0.438. The fourth-order valence-corrected chi connectivity index (χ4v) is 2.54. The molecule has 0 radical (unpaired) electrons. The second kappa shape index (κ2) is 6.13. The smallest absolute Gasteiger partial charge is 0.179 e. The van der Waals surface area contributed by atoms with Gasteiger partial charge >= 0.3 is 0 Å². The third-order valence-electron chi connectivity index (χ3n) is 3.65. The summed E-state index contributed by atoms with van der Waals surface area (Å²) in [5.41, 5.74) is 1.59. The molecule has 3 nitrogen and oxygen atoms in total. The van der Waals surface area contributed by atoms with Gasteiger partial charge in [-0.25, -0.2) is 0 Å². The van der Waals surface area contributed by atoms with E-state index < -0.39 is 0 Å². The summed E-state index contributed by atoms with van der Waals surface area (Å²) in [5, 5.41) is 9.60. The fourth-order valence-electron chi connectivity index (χ4n) is 2.54. The highest BCUT2D eigenvalue weighted by Gasteiger charge is 2.30. The van der Waals surface area contributed by atoms with Crippen LogP contribution in [-0.4, -0.2) is 35.0 Å². The molecule has 0 amide bonds. The Labute approximate surface area is 114 Å². The molecule has 1 unspecified atom stereocenters. The van der Waals surface area contributed by atoms with Crippen LogP contribution in [0, 0.1) is 0 Å². The van der Waals surface area contributed by atoms with E-state index >= 15 is 0 Å². The van der Waals surface area contributed by atoms with Crippen LogP contribution < -0.4 is 0 Å². The van der Waals surface area contributed by atoms with E-state index in [1.54, 1.807) is 6.92 Å². The topological polar surface area (TPSA) is 40.5 Å². The molecular formula is C16H21NO2. The summed E-state index contributed by atoms with van der Waals surface area (Å²) in [6, 6.07) is 9.56. The van der Waals surface area contributed by atoms with Gasteiger partial charge in [0, 0.05) is 13.1 Å². The van der Waals surface area contributed by atoms with E-state index in [2.05, 4.69) is 11.5 Å². The third-order valence-corrected chi connectivity index (χ3v) is 3.65. The van der Waals surface area contributed by atoms with Gasteiger partial charge in [0.2, 0.25) is 0 Å². The molecule has 1 aliphatic heterocycles. The van der Waals surface area contributed by atoms with Crippen LogP contribution in [0.15, 0.2) is 42.5 Å². The number of rotatable bonds is 4. The van der Waals surface area contributed by atoms with E-state index in [4.69, 9.17) is 0 Å². The minimum atomic E-state index is -0.258. The summed E-state index contributed by atoms with van der Waals surface area (Å²) in [7, 11) is 0. The van der Waals surface area contributed by atoms with Crippen LogP contribution in [0.25, 0.3) is 0 Å². The van der Waals surface area contributed by atoms with Gasteiger partial charge in [-0.3, -0.25) is 9.69 Å². The molecule has 1 fully saturated rings. The number of hydrogen-bond acceptors (Lipinski definition) is 3. The average Bonchev–Trinajstić information content (AvgIpc) is 2.42. The molecule has 2 rings (SSSR count). The van der Waals surface area contributed by atoms with Gasteiger partial charge in [0.15, 0.2) is 5.78 Å². The minimum Gasteiger partial charge on any atom is -0.393 e. The van der Waals surface area contributed by atoms with Crippen LogP contribution in [0.4, 0.5) is 0 Å². The second-order valence-electron chi connectivity index (χ2n) is 5.22. The van der Waals surface area contributed by atoms with Crippen molar-refractivity contribution in [2.45, 2.75) is 31.9 Å². The highest BCUT2D eigenvalue weighted by molar-refractivity contribution is 5.99. The summed E-state index contributed by atoms with van der Waals surface area (Å²) in [4.78, 5) is 14.6. The Hall–Kier alpha value is -1.45. The van der Waals surface area contributed by atoms with Crippen LogP contribution in [0.3, 0.4) is 0 Å². The van der Waals surface area contributed by atoms with Crippen molar-refractivity contribution in [3.63, 3.8) is 0 Å². The maximum Gasteiger partial charge on any atom is 0.179 e. The average molecular weight is 259 g/mol. The largest absolute Gasteiger partial charge is 0.393 e. The number of piperidine rings is 1. The number of likely N-dealkylation sites (tertiary alicyclic amines) is 1. The standard InChI is InChI=1S/C16H21NO2/c1-12(2)16(19)15(13-6-4-3-5-7-13)17-10-8-14(18)9-11-17/h3-7,14-15,18H,1,8-11H2,2H3. The number of Topliss-reactive ketones (excluding diaryl/α,β-unsaturated/α-hetero) is 1. The molecule has 0 aromatic heterocycles. The first kappa shape index (κ1) is 14.0. The summed E-state index contributed by atoms with van der Waals surface area (Å²) in [6.45, 7) is 7.05. The molecule has 1 aromatic rings.